The molecule has 0 aliphatic rings. The van der Waals surface area contributed by atoms with Gasteiger partial charge in [-0.1, -0.05) is 18.2 Å². The van der Waals surface area contributed by atoms with Gasteiger partial charge in [0.15, 0.2) is 11.6 Å². The second kappa shape index (κ2) is 6.65. The van der Waals surface area contributed by atoms with Gasteiger partial charge in [0.1, 0.15) is 5.82 Å². The molecule has 0 fully saturated rings. The smallest absolute Gasteiger partial charge is 0.176 e. The van der Waals surface area contributed by atoms with Crippen LogP contribution in [-0.2, 0) is 0 Å². The normalized spacial score (nSPS) is 10.8. The van der Waals surface area contributed by atoms with Crippen LogP contribution >= 0.6 is 0 Å². The van der Waals surface area contributed by atoms with E-state index in [2.05, 4.69) is 10.5 Å². The van der Waals surface area contributed by atoms with Crippen LogP contribution in [-0.4, -0.2) is 12.8 Å². The molecule has 2 aromatic carbocycles. The fourth-order valence-corrected chi connectivity index (χ4v) is 1.62. The number of hydrogen-bond acceptors (Lipinski definition) is 3. The summed E-state index contributed by atoms with van der Waals surface area (Å²) in [5.74, 6) is -1.44. The van der Waals surface area contributed by atoms with E-state index in [1.165, 1.54) is 6.07 Å². The Labute approximate surface area is 115 Å². The SMILES string of the molecule is CCOc1ccc(F)c(C=NNc2ccccc2)c1F. The third kappa shape index (κ3) is 3.32. The zero-order valence-electron chi connectivity index (χ0n) is 10.9. The van der Waals surface area contributed by atoms with Crippen LogP contribution in [0.2, 0.25) is 0 Å². The van der Waals surface area contributed by atoms with Gasteiger partial charge in [0.05, 0.1) is 24.1 Å². The summed E-state index contributed by atoms with van der Waals surface area (Å²) in [5.41, 5.74) is 3.18. The first-order valence-electron chi connectivity index (χ1n) is 6.17. The monoisotopic (exact) mass is 276 g/mol. The molecule has 20 heavy (non-hydrogen) atoms. The lowest BCUT2D eigenvalue weighted by molar-refractivity contribution is 0.320. The number of halogens is 2. The summed E-state index contributed by atoms with van der Waals surface area (Å²) in [6.07, 6.45) is 1.10. The van der Waals surface area contributed by atoms with Crippen molar-refractivity contribution >= 4 is 11.9 Å². The highest BCUT2D eigenvalue weighted by atomic mass is 19.1. The van der Waals surface area contributed by atoms with Crippen molar-refractivity contribution in [3.63, 3.8) is 0 Å². The third-order valence-electron chi connectivity index (χ3n) is 2.55. The van der Waals surface area contributed by atoms with E-state index in [9.17, 15) is 8.78 Å². The molecular weight excluding hydrogens is 262 g/mol. The van der Waals surface area contributed by atoms with Gasteiger partial charge in [0.25, 0.3) is 0 Å². The van der Waals surface area contributed by atoms with Crippen molar-refractivity contribution in [1.29, 1.82) is 0 Å². The molecule has 1 N–H and O–H groups in total. The minimum Gasteiger partial charge on any atom is -0.491 e. The topological polar surface area (TPSA) is 33.6 Å². The van der Waals surface area contributed by atoms with E-state index in [1.54, 1.807) is 19.1 Å². The number of nitrogens with zero attached hydrogens (tertiary/aromatic N) is 1. The number of para-hydroxylation sites is 1. The lowest BCUT2D eigenvalue weighted by Gasteiger charge is -2.07. The van der Waals surface area contributed by atoms with E-state index in [0.29, 0.717) is 6.61 Å². The Morgan fingerprint density at radius 3 is 2.60 bits per heavy atom. The predicted molar refractivity (Wildman–Crippen MR) is 75.2 cm³/mol. The molecule has 0 saturated carbocycles. The van der Waals surface area contributed by atoms with Crippen LogP contribution in [0.1, 0.15) is 12.5 Å². The number of nitrogens with one attached hydrogen (secondary N) is 1. The zero-order chi connectivity index (χ0) is 14.4. The quantitative estimate of drug-likeness (QED) is 0.665. The second-order valence-corrected chi connectivity index (χ2v) is 3.94. The number of benzene rings is 2. The average Bonchev–Trinajstić information content (AvgIpc) is 2.47. The van der Waals surface area contributed by atoms with Gasteiger partial charge in [0, 0.05) is 0 Å². The molecule has 0 bridgehead atoms. The van der Waals surface area contributed by atoms with Crippen molar-refractivity contribution in [2.24, 2.45) is 5.10 Å². The maximum absolute atomic E-state index is 14.0. The van der Waals surface area contributed by atoms with Crippen molar-refractivity contribution < 1.29 is 13.5 Å². The number of rotatable bonds is 5. The molecule has 3 nitrogen and oxygen atoms in total. The number of anilines is 1. The summed E-state index contributed by atoms with van der Waals surface area (Å²) in [6, 6.07) is 11.5. The molecule has 0 saturated heterocycles. The van der Waals surface area contributed by atoms with Gasteiger partial charge in [0.2, 0.25) is 0 Å². The van der Waals surface area contributed by atoms with Gasteiger partial charge in [-0.25, -0.2) is 8.78 Å². The van der Waals surface area contributed by atoms with Gasteiger partial charge in [-0.3, -0.25) is 5.43 Å². The molecule has 0 radical (unpaired) electrons. The fraction of sp³-hybridized carbons (Fsp3) is 0.133. The molecule has 2 aromatic rings. The molecule has 0 amide bonds. The Morgan fingerprint density at radius 2 is 1.90 bits per heavy atom. The first-order valence-corrected chi connectivity index (χ1v) is 6.17. The summed E-state index contributed by atoms with van der Waals surface area (Å²) >= 11 is 0. The Morgan fingerprint density at radius 1 is 1.15 bits per heavy atom. The summed E-state index contributed by atoms with van der Waals surface area (Å²) in [4.78, 5) is 0. The molecule has 0 heterocycles. The number of hydrazone groups is 1. The highest BCUT2D eigenvalue weighted by Crippen LogP contribution is 2.22. The Kier molecular flexibility index (Phi) is 4.65. The summed E-state index contributed by atoms with van der Waals surface area (Å²) in [5, 5.41) is 3.82. The zero-order valence-corrected chi connectivity index (χ0v) is 10.9. The molecule has 2 rings (SSSR count). The lowest BCUT2D eigenvalue weighted by atomic mass is 10.2. The van der Waals surface area contributed by atoms with Gasteiger partial charge < -0.3 is 4.74 Å². The maximum atomic E-state index is 14.0. The van der Waals surface area contributed by atoms with Crippen molar-refractivity contribution in [2.45, 2.75) is 6.92 Å². The van der Waals surface area contributed by atoms with E-state index < -0.39 is 11.6 Å². The van der Waals surface area contributed by atoms with E-state index in [0.717, 1.165) is 18.0 Å². The summed E-state index contributed by atoms with van der Waals surface area (Å²) in [6.45, 7) is 2.04. The first kappa shape index (κ1) is 14.0. The Balaban J connectivity index is 2.18. The standard InChI is InChI=1S/C15H14F2N2O/c1-2-20-14-9-8-13(16)12(15(14)17)10-18-19-11-6-4-3-5-7-11/h3-10,19H,2H2,1H3. The van der Waals surface area contributed by atoms with Crippen molar-refractivity contribution in [3.05, 3.63) is 59.7 Å². The van der Waals surface area contributed by atoms with Crippen molar-refractivity contribution in [1.82, 2.24) is 0 Å². The summed E-state index contributed by atoms with van der Waals surface area (Å²) < 4.78 is 32.6. The van der Waals surface area contributed by atoms with Gasteiger partial charge in [-0.05, 0) is 31.2 Å². The van der Waals surface area contributed by atoms with E-state index in [-0.39, 0.29) is 11.3 Å². The third-order valence-corrected chi connectivity index (χ3v) is 2.55. The molecule has 0 spiro atoms. The highest BCUT2D eigenvalue weighted by molar-refractivity contribution is 5.81. The van der Waals surface area contributed by atoms with Crippen LogP contribution in [0.25, 0.3) is 0 Å². The molecule has 0 aromatic heterocycles. The largest absolute Gasteiger partial charge is 0.491 e. The van der Waals surface area contributed by atoms with Crippen LogP contribution in [0, 0.1) is 11.6 Å². The van der Waals surface area contributed by atoms with Gasteiger partial charge in [-0.15, -0.1) is 0 Å². The molecule has 0 aliphatic carbocycles. The lowest BCUT2D eigenvalue weighted by Crippen LogP contribution is -2.01. The van der Waals surface area contributed by atoms with Crippen molar-refractivity contribution in [3.8, 4) is 5.75 Å². The maximum Gasteiger partial charge on any atom is 0.176 e. The molecular formula is C15H14F2N2O. The van der Waals surface area contributed by atoms with Crippen LogP contribution in [0.5, 0.6) is 5.75 Å². The number of hydrogen-bond donors (Lipinski definition) is 1. The van der Waals surface area contributed by atoms with Gasteiger partial charge >= 0.3 is 0 Å². The van der Waals surface area contributed by atoms with Gasteiger partial charge in [-0.2, -0.15) is 5.10 Å². The van der Waals surface area contributed by atoms with Crippen LogP contribution in [0.3, 0.4) is 0 Å². The molecule has 5 heteroatoms. The highest BCUT2D eigenvalue weighted by Gasteiger charge is 2.12. The van der Waals surface area contributed by atoms with E-state index in [4.69, 9.17) is 4.74 Å². The van der Waals surface area contributed by atoms with Crippen LogP contribution in [0.4, 0.5) is 14.5 Å². The Bertz CT molecular complexity index is 600. The Hall–Kier alpha value is -2.43. The predicted octanol–water partition coefficient (Wildman–Crippen LogP) is 3.81. The van der Waals surface area contributed by atoms with E-state index >= 15 is 0 Å². The van der Waals surface area contributed by atoms with Crippen molar-refractivity contribution in [2.75, 3.05) is 12.0 Å². The molecule has 0 unspecified atom stereocenters. The van der Waals surface area contributed by atoms with Crippen LogP contribution in [0.15, 0.2) is 47.6 Å². The minimum absolute atomic E-state index is 0.00932. The fourth-order valence-electron chi connectivity index (χ4n) is 1.62. The number of ether oxygens (including phenoxy) is 1. The van der Waals surface area contributed by atoms with Crippen LogP contribution < -0.4 is 10.2 Å². The minimum atomic E-state index is -0.759. The molecule has 0 aliphatic heterocycles. The second-order valence-electron chi connectivity index (χ2n) is 3.94. The average molecular weight is 276 g/mol. The molecule has 104 valence electrons. The first-order chi connectivity index (χ1) is 9.72. The summed E-state index contributed by atoms with van der Waals surface area (Å²) in [7, 11) is 0. The van der Waals surface area contributed by atoms with E-state index in [1.807, 2.05) is 18.2 Å². The molecule has 0 atom stereocenters.